The van der Waals surface area contributed by atoms with Gasteiger partial charge in [-0.1, -0.05) is 0 Å². The molecule has 0 spiro atoms. The second-order valence-electron chi connectivity index (χ2n) is 5.91. The summed E-state index contributed by atoms with van der Waals surface area (Å²) >= 11 is 0. The molecule has 20 heavy (non-hydrogen) atoms. The molecule has 0 aromatic heterocycles. The van der Waals surface area contributed by atoms with E-state index in [0.29, 0.717) is 12.8 Å². The summed E-state index contributed by atoms with van der Waals surface area (Å²) in [6, 6.07) is 0.0577. The highest BCUT2D eigenvalue weighted by atomic mass is 19.4. The average molecular weight is 292 g/mol. The lowest BCUT2D eigenvalue weighted by Gasteiger charge is -2.31. The molecule has 2 fully saturated rings. The van der Waals surface area contributed by atoms with Crippen molar-refractivity contribution in [2.45, 2.75) is 57.2 Å². The predicted molar refractivity (Wildman–Crippen MR) is 70.2 cm³/mol. The first-order valence-corrected chi connectivity index (χ1v) is 7.54. The maximum atomic E-state index is 12.5. The molecule has 1 N–H and O–H groups in total. The van der Waals surface area contributed by atoms with Gasteiger partial charge in [0.05, 0.1) is 12.5 Å². The third-order valence-corrected chi connectivity index (χ3v) is 4.44. The van der Waals surface area contributed by atoms with Crippen LogP contribution in [0, 0.1) is 5.92 Å². The van der Waals surface area contributed by atoms with Crippen molar-refractivity contribution in [3.8, 4) is 0 Å². The molecule has 0 aromatic carbocycles. The number of amides is 1. The number of nitrogens with zero attached hydrogens (tertiary/aromatic N) is 1. The van der Waals surface area contributed by atoms with Gasteiger partial charge in [-0.15, -0.1) is 0 Å². The summed E-state index contributed by atoms with van der Waals surface area (Å²) in [5.41, 5.74) is 0. The van der Waals surface area contributed by atoms with Crippen molar-refractivity contribution in [2.75, 3.05) is 19.6 Å². The van der Waals surface area contributed by atoms with Gasteiger partial charge in [0, 0.05) is 19.1 Å². The van der Waals surface area contributed by atoms with E-state index < -0.39 is 12.1 Å². The highest BCUT2D eigenvalue weighted by Crippen LogP contribution is 2.37. The first-order valence-electron chi connectivity index (χ1n) is 7.54. The number of hydrogen-bond acceptors (Lipinski definition) is 2. The van der Waals surface area contributed by atoms with E-state index in [1.807, 2.05) is 4.90 Å². The van der Waals surface area contributed by atoms with Gasteiger partial charge in [0.2, 0.25) is 5.91 Å². The number of piperidine rings is 1. The molecule has 1 saturated carbocycles. The molecule has 116 valence electrons. The predicted octanol–water partition coefficient (Wildman–Crippen LogP) is 2.71. The van der Waals surface area contributed by atoms with Crippen LogP contribution in [-0.2, 0) is 4.79 Å². The van der Waals surface area contributed by atoms with Crippen LogP contribution in [0.5, 0.6) is 0 Å². The lowest BCUT2D eigenvalue weighted by molar-refractivity contribution is -0.182. The molecule has 0 aromatic rings. The number of likely N-dealkylation sites (tertiary alicyclic amines) is 1. The molecule has 1 aliphatic carbocycles. The van der Waals surface area contributed by atoms with Crippen molar-refractivity contribution >= 4 is 5.91 Å². The Kier molecular flexibility index (Phi) is 5.29. The Bertz CT molecular complexity index is 319. The van der Waals surface area contributed by atoms with Gasteiger partial charge in [-0.05, 0) is 44.9 Å². The van der Waals surface area contributed by atoms with E-state index in [1.54, 1.807) is 0 Å². The van der Waals surface area contributed by atoms with Crippen LogP contribution >= 0.6 is 0 Å². The topological polar surface area (TPSA) is 32.3 Å². The van der Waals surface area contributed by atoms with Crippen LogP contribution < -0.4 is 5.32 Å². The van der Waals surface area contributed by atoms with Gasteiger partial charge < -0.3 is 10.2 Å². The molecule has 0 atom stereocenters. The summed E-state index contributed by atoms with van der Waals surface area (Å²) in [4.78, 5) is 13.8. The molecular formula is C14H23F3N2O. The van der Waals surface area contributed by atoms with E-state index >= 15 is 0 Å². The Morgan fingerprint density at radius 2 is 1.65 bits per heavy atom. The smallest absolute Gasteiger partial charge is 0.342 e. The number of carbonyl (C=O) groups is 1. The Labute approximate surface area is 117 Å². The minimum Gasteiger partial charge on any atom is -0.342 e. The fourth-order valence-corrected chi connectivity index (χ4v) is 3.11. The van der Waals surface area contributed by atoms with E-state index in [-0.39, 0.29) is 31.3 Å². The average Bonchev–Trinajstić information content (AvgIpc) is 2.45. The fourth-order valence-electron chi connectivity index (χ4n) is 3.11. The summed E-state index contributed by atoms with van der Waals surface area (Å²) in [5, 5.41) is 3.13. The van der Waals surface area contributed by atoms with Gasteiger partial charge in [-0.2, -0.15) is 13.2 Å². The standard InChI is InChI=1S/C14H23F3N2O/c15-14(16,17)11-4-6-12(7-5-11)18-10-13(20)19-8-2-1-3-9-19/h11-12,18H,1-10H2. The molecule has 2 rings (SSSR count). The third kappa shape index (κ3) is 4.36. The number of rotatable bonds is 3. The van der Waals surface area contributed by atoms with Gasteiger partial charge in [-0.3, -0.25) is 4.79 Å². The van der Waals surface area contributed by atoms with Crippen molar-refractivity contribution < 1.29 is 18.0 Å². The van der Waals surface area contributed by atoms with E-state index in [1.165, 1.54) is 6.42 Å². The molecule has 1 heterocycles. The van der Waals surface area contributed by atoms with Crippen molar-refractivity contribution in [3.63, 3.8) is 0 Å². The summed E-state index contributed by atoms with van der Waals surface area (Å²) in [6.45, 7) is 1.91. The maximum absolute atomic E-state index is 12.5. The largest absolute Gasteiger partial charge is 0.391 e. The molecule has 3 nitrogen and oxygen atoms in total. The molecule has 1 amide bonds. The summed E-state index contributed by atoms with van der Waals surface area (Å²) in [6.07, 6.45) is 0.616. The van der Waals surface area contributed by atoms with Gasteiger partial charge in [0.1, 0.15) is 0 Å². The normalized spacial score (nSPS) is 28.4. The maximum Gasteiger partial charge on any atom is 0.391 e. The van der Waals surface area contributed by atoms with Gasteiger partial charge in [0.15, 0.2) is 0 Å². The van der Waals surface area contributed by atoms with E-state index in [2.05, 4.69) is 5.32 Å². The second-order valence-corrected chi connectivity index (χ2v) is 5.91. The van der Waals surface area contributed by atoms with Crippen molar-refractivity contribution in [1.29, 1.82) is 0 Å². The molecule has 0 bridgehead atoms. The van der Waals surface area contributed by atoms with Crippen molar-refractivity contribution in [1.82, 2.24) is 10.2 Å². The molecule has 0 unspecified atom stereocenters. The lowest BCUT2D eigenvalue weighted by Crippen LogP contribution is -2.45. The Morgan fingerprint density at radius 3 is 2.20 bits per heavy atom. The quantitative estimate of drug-likeness (QED) is 0.867. The lowest BCUT2D eigenvalue weighted by atomic mass is 9.85. The highest BCUT2D eigenvalue weighted by molar-refractivity contribution is 5.78. The van der Waals surface area contributed by atoms with Gasteiger partial charge in [-0.25, -0.2) is 0 Å². The van der Waals surface area contributed by atoms with Crippen LogP contribution in [0.1, 0.15) is 44.9 Å². The molecule has 0 radical (unpaired) electrons. The minimum atomic E-state index is -4.06. The molecule has 1 saturated heterocycles. The zero-order valence-corrected chi connectivity index (χ0v) is 11.7. The van der Waals surface area contributed by atoms with E-state index in [9.17, 15) is 18.0 Å². The number of hydrogen-bond donors (Lipinski definition) is 1. The van der Waals surface area contributed by atoms with E-state index in [4.69, 9.17) is 0 Å². The summed E-state index contributed by atoms with van der Waals surface area (Å²) in [5.74, 6) is -1.07. The summed E-state index contributed by atoms with van der Waals surface area (Å²) in [7, 11) is 0. The van der Waals surface area contributed by atoms with Crippen LogP contribution in [0.2, 0.25) is 0 Å². The van der Waals surface area contributed by atoms with Crippen molar-refractivity contribution in [3.05, 3.63) is 0 Å². The minimum absolute atomic E-state index is 0.0577. The Hall–Kier alpha value is -0.780. The van der Waals surface area contributed by atoms with Gasteiger partial charge >= 0.3 is 6.18 Å². The zero-order valence-electron chi connectivity index (χ0n) is 11.7. The van der Waals surface area contributed by atoms with Gasteiger partial charge in [0.25, 0.3) is 0 Å². The van der Waals surface area contributed by atoms with Crippen LogP contribution in [0.4, 0.5) is 13.2 Å². The SMILES string of the molecule is O=C(CNC1CCC(C(F)(F)F)CC1)N1CCCCC1. The molecular weight excluding hydrogens is 269 g/mol. The van der Waals surface area contributed by atoms with E-state index in [0.717, 1.165) is 25.9 Å². The number of nitrogens with one attached hydrogen (secondary N) is 1. The third-order valence-electron chi connectivity index (χ3n) is 4.44. The number of alkyl halides is 3. The molecule has 6 heteroatoms. The Balaban J connectivity index is 1.67. The van der Waals surface area contributed by atoms with Crippen LogP contribution in [-0.4, -0.2) is 42.7 Å². The molecule has 2 aliphatic rings. The highest BCUT2D eigenvalue weighted by Gasteiger charge is 2.41. The second kappa shape index (κ2) is 6.78. The van der Waals surface area contributed by atoms with Crippen molar-refractivity contribution in [2.24, 2.45) is 5.92 Å². The van der Waals surface area contributed by atoms with Crippen LogP contribution in [0.15, 0.2) is 0 Å². The molecule has 1 aliphatic heterocycles. The number of halogens is 3. The number of carbonyl (C=O) groups excluding carboxylic acids is 1. The monoisotopic (exact) mass is 292 g/mol. The zero-order chi connectivity index (χ0) is 14.6. The first kappa shape index (κ1) is 15.6. The Morgan fingerprint density at radius 1 is 1.05 bits per heavy atom. The van der Waals surface area contributed by atoms with Crippen LogP contribution in [0.3, 0.4) is 0 Å². The fraction of sp³-hybridized carbons (Fsp3) is 0.929. The summed E-state index contributed by atoms with van der Waals surface area (Å²) < 4.78 is 37.6. The first-order chi connectivity index (χ1) is 9.47. The van der Waals surface area contributed by atoms with Crippen LogP contribution in [0.25, 0.3) is 0 Å².